The molecule has 1 unspecified atom stereocenters. The van der Waals surface area contributed by atoms with Crippen LogP contribution in [0.15, 0.2) is 17.2 Å². The van der Waals surface area contributed by atoms with Crippen LogP contribution in [0, 0.1) is 23.0 Å². The summed E-state index contributed by atoms with van der Waals surface area (Å²) in [6, 6.07) is 2.95. The van der Waals surface area contributed by atoms with Crippen molar-refractivity contribution < 1.29 is 18.6 Å². The van der Waals surface area contributed by atoms with Gasteiger partial charge in [0.25, 0.3) is 0 Å². The van der Waals surface area contributed by atoms with Crippen molar-refractivity contribution in [2.45, 2.75) is 33.6 Å². The SMILES string of the molecule is CC1CCNN=C1c1ccc(OCC(C)(C)CCO)c(F)c1F. The summed E-state index contributed by atoms with van der Waals surface area (Å²) in [5.74, 6) is -1.98. The lowest BCUT2D eigenvalue weighted by Crippen LogP contribution is -2.28. The number of aliphatic hydroxyl groups is 1. The second kappa shape index (κ2) is 7.25. The van der Waals surface area contributed by atoms with Crippen molar-refractivity contribution in [1.29, 1.82) is 0 Å². The van der Waals surface area contributed by atoms with Crippen molar-refractivity contribution >= 4 is 5.71 Å². The van der Waals surface area contributed by atoms with Gasteiger partial charge in [-0.2, -0.15) is 9.49 Å². The third-order valence-corrected chi connectivity index (χ3v) is 4.09. The number of hydrogen-bond acceptors (Lipinski definition) is 4. The topological polar surface area (TPSA) is 53.9 Å². The van der Waals surface area contributed by atoms with Gasteiger partial charge in [0.05, 0.1) is 12.3 Å². The van der Waals surface area contributed by atoms with Crippen molar-refractivity contribution in [2.24, 2.45) is 16.4 Å². The van der Waals surface area contributed by atoms with E-state index in [4.69, 9.17) is 9.84 Å². The number of ether oxygens (including phenoxy) is 1. The Kier molecular flexibility index (Phi) is 5.57. The van der Waals surface area contributed by atoms with Crippen molar-refractivity contribution in [1.82, 2.24) is 5.43 Å². The van der Waals surface area contributed by atoms with Crippen LogP contribution in [0.3, 0.4) is 0 Å². The second-order valence-corrected chi connectivity index (χ2v) is 6.76. The molecule has 0 amide bonds. The highest BCUT2D eigenvalue weighted by molar-refractivity contribution is 6.02. The minimum absolute atomic E-state index is 0.0247. The molecule has 0 saturated heterocycles. The number of nitrogens with zero attached hydrogens (tertiary/aromatic N) is 1. The van der Waals surface area contributed by atoms with E-state index in [2.05, 4.69) is 10.5 Å². The third kappa shape index (κ3) is 4.19. The van der Waals surface area contributed by atoms with E-state index in [0.717, 1.165) is 13.0 Å². The molecule has 1 aromatic carbocycles. The minimum Gasteiger partial charge on any atom is -0.490 e. The van der Waals surface area contributed by atoms with Gasteiger partial charge < -0.3 is 15.3 Å². The molecule has 0 saturated carbocycles. The smallest absolute Gasteiger partial charge is 0.201 e. The standard InChI is InChI=1S/C17H24F2N2O2/c1-11-6-8-20-21-16(11)12-4-5-13(15(19)14(12)18)23-10-17(2,3)7-9-22/h4-5,11,20,22H,6-10H2,1-3H3. The molecule has 0 spiro atoms. The lowest BCUT2D eigenvalue weighted by molar-refractivity contribution is 0.133. The summed E-state index contributed by atoms with van der Waals surface area (Å²) in [6.45, 7) is 6.69. The maximum absolute atomic E-state index is 14.4. The van der Waals surface area contributed by atoms with Crippen LogP contribution in [-0.4, -0.2) is 30.6 Å². The quantitative estimate of drug-likeness (QED) is 0.845. The number of aliphatic hydroxyl groups excluding tert-OH is 1. The van der Waals surface area contributed by atoms with Gasteiger partial charge in [0.1, 0.15) is 0 Å². The van der Waals surface area contributed by atoms with Gasteiger partial charge in [-0.3, -0.25) is 0 Å². The molecule has 0 aromatic heterocycles. The lowest BCUT2D eigenvalue weighted by atomic mass is 9.91. The Morgan fingerprint density at radius 1 is 1.35 bits per heavy atom. The summed E-state index contributed by atoms with van der Waals surface area (Å²) in [4.78, 5) is 0. The highest BCUT2D eigenvalue weighted by Gasteiger charge is 2.25. The Bertz CT molecular complexity index is 588. The summed E-state index contributed by atoms with van der Waals surface area (Å²) in [6.07, 6.45) is 1.35. The Balaban J connectivity index is 2.19. The summed E-state index contributed by atoms with van der Waals surface area (Å²) in [5.41, 5.74) is 3.21. The molecule has 2 N–H and O–H groups in total. The number of hydrogen-bond donors (Lipinski definition) is 2. The maximum Gasteiger partial charge on any atom is 0.201 e. The van der Waals surface area contributed by atoms with Crippen molar-refractivity contribution in [3.05, 3.63) is 29.3 Å². The van der Waals surface area contributed by atoms with Gasteiger partial charge in [-0.05, 0) is 25.0 Å². The van der Waals surface area contributed by atoms with Gasteiger partial charge >= 0.3 is 0 Å². The van der Waals surface area contributed by atoms with Gasteiger partial charge in [-0.25, -0.2) is 4.39 Å². The minimum atomic E-state index is -0.997. The normalized spacial score (nSPS) is 18.3. The first-order valence-corrected chi connectivity index (χ1v) is 7.88. The van der Waals surface area contributed by atoms with Gasteiger partial charge in [0, 0.05) is 30.0 Å². The van der Waals surface area contributed by atoms with Gasteiger partial charge in [0.2, 0.25) is 5.82 Å². The molecule has 1 aromatic rings. The Hall–Kier alpha value is -1.69. The van der Waals surface area contributed by atoms with Crippen molar-refractivity contribution in [3.8, 4) is 5.75 Å². The zero-order valence-electron chi connectivity index (χ0n) is 13.8. The van der Waals surface area contributed by atoms with E-state index in [-0.39, 0.29) is 35.9 Å². The number of hydrazone groups is 1. The average molecular weight is 326 g/mol. The van der Waals surface area contributed by atoms with Crippen LogP contribution in [0.4, 0.5) is 8.78 Å². The van der Waals surface area contributed by atoms with E-state index in [1.165, 1.54) is 12.1 Å². The van der Waals surface area contributed by atoms with Crippen LogP contribution >= 0.6 is 0 Å². The molecule has 0 radical (unpaired) electrons. The molecule has 128 valence electrons. The molecule has 1 atom stereocenters. The zero-order chi connectivity index (χ0) is 17.0. The molecule has 1 aliphatic heterocycles. The molecule has 6 heteroatoms. The maximum atomic E-state index is 14.4. The zero-order valence-corrected chi connectivity index (χ0v) is 13.8. The molecular formula is C17H24F2N2O2. The number of benzene rings is 1. The van der Waals surface area contributed by atoms with E-state index in [0.29, 0.717) is 12.1 Å². The predicted molar refractivity (Wildman–Crippen MR) is 85.7 cm³/mol. The van der Waals surface area contributed by atoms with Gasteiger partial charge in [0.15, 0.2) is 11.6 Å². The Labute approximate surface area is 135 Å². The lowest BCUT2D eigenvalue weighted by Gasteiger charge is -2.24. The first-order valence-electron chi connectivity index (χ1n) is 7.88. The summed E-state index contributed by atoms with van der Waals surface area (Å²) in [5, 5.41) is 13.1. The number of halogens is 2. The molecule has 0 bridgehead atoms. The van der Waals surface area contributed by atoms with Crippen LogP contribution < -0.4 is 10.2 Å². The monoisotopic (exact) mass is 326 g/mol. The summed E-state index contributed by atoms with van der Waals surface area (Å²) >= 11 is 0. The molecule has 1 heterocycles. The first kappa shape index (κ1) is 17.7. The highest BCUT2D eigenvalue weighted by atomic mass is 19.2. The number of rotatable bonds is 6. The van der Waals surface area contributed by atoms with Crippen LogP contribution in [-0.2, 0) is 0 Å². The van der Waals surface area contributed by atoms with Crippen molar-refractivity contribution in [3.63, 3.8) is 0 Å². The van der Waals surface area contributed by atoms with Crippen LogP contribution in [0.2, 0.25) is 0 Å². The highest BCUT2D eigenvalue weighted by Crippen LogP contribution is 2.28. The largest absolute Gasteiger partial charge is 0.490 e. The van der Waals surface area contributed by atoms with Gasteiger partial charge in [-0.15, -0.1) is 0 Å². The summed E-state index contributed by atoms with van der Waals surface area (Å²) in [7, 11) is 0. The van der Waals surface area contributed by atoms with Crippen LogP contribution in [0.5, 0.6) is 5.75 Å². The van der Waals surface area contributed by atoms with Crippen molar-refractivity contribution in [2.75, 3.05) is 19.8 Å². The molecule has 4 nitrogen and oxygen atoms in total. The second-order valence-electron chi connectivity index (χ2n) is 6.76. The summed E-state index contributed by atoms with van der Waals surface area (Å²) < 4.78 is 34.1. The van der Waals surface area contributed by atoms with E-state index in [9.17, 15) is 8.78 Å². The fraction of sp³-hybridized carbons (Fsp3) is 0.588. The first-order chi connectivity index (χ1) is 10.9. The fourth-order valence-corrected chi connectivity index (χ4v) is 2.48. The average Bonchev–Trinajstić information content (AvgIpc) is 2.50. The van der Waals surface area contributed by atoms with E-state index in [1.54, 1.807) is 0 Å². The van der Waals surface area contributed by atoms with E-state index < -0.39 is 11.6 Å². The Morgan fingerprint density at radius 2 is 2.09 bits per heavy atom. The van der Waals surface area contributed by atoms with Crippen LogP contribution in [0.25, 0.3) is 0 Å². The van der Waals surface area contributed by atoms with E-state index >= 15 is 0 Å². The molecule has 0 aliphatic carbocycles. The Morgan fingerprint density at radius 3 is 2.74 bits per heavy atom. The third-order valence-electron chi connectivity index (χ3n) is 4.09. The van der Waals surface area contributed by atoms with Crippen LogP contribution in [0.1, 0.15) is 39.2 Å². The van der Waals surface area contributed by atoms with Gasteiger partial charge in [-0.1, -0.05) is 20.8 Å². The fourth-order valence-electron chi connectivity index (χ4n) is 2.48. The van der Waals surface area contributed by atoms with E-state index in [1.807, 2.05) is 20.8 Å². The number of nitrogens with one attached hydrogen (secondary N) is 1. The molecule has 0 fully saturated rings. The molecule has 2 rings (SSSR count). The molecule has 1 aliphatic rings. The predicted octanol–water partition coefficient (Wildman–Crippen LogP) is 3.09. The molecule has 23 heavy (non-hydrogen) atoms. The molecular weight excluding hydrogens is 302 g/mol.